The molecule has 1 aromatic rings. The molecule has 0 radical (unpaired) electrons. The Hall–Kier alpha value is -3.30. The van der Waals surface area contributed by atoms with Gasteiger partial charge >= 0.3 is 5.97 Å². The number of carbonyl (C=O) groups excluding carboxylic acids is 1. The number of aliphatic carboxylic acids is 1. The minimum absolute atomic E-state index is 0.177. The SMILES string of the molecule is CCCCCCCCNC(=N)NCc1ccc(C(=O)NC(CCCNC(=N)N)C(=O)O)cc1. The number of unbranched alkanes of at least 4 members (excludes halogenated alkanes) is 5. The van der Waals surface area contributed by atoms with Crippen LogP contribution in [0, 0.1) is 10.8 Å². The van der Waals surface area contributed by atoms with Gasteiger partial charge in [0.1, 0.15) is 6.04 Å². The summed E-state index contributed by atoms with van der Waals surface area (Å²) in [5.74, 6) is -1.48. The fraction of sp³-hybridized carbons (Fsp3) is 0.565. The maximum atomic E-state index is 12.4. The Balaban J connectivity index is 2.36. The van der Waals surface area contributed by atoms with Gasteiger partial charge in [-0.15, -0.1) is 0 Å². The first-order chi connectivity index (χ1) is 15.8. The van der Waals surface area contributed by atoms with Crippen molar-refractivity contribution in [2.45, 2.75) is 70.9 Å². The highest BCUT2D eigenvalue weighted by molar-refractivity contribution is 5.96. The van der Waals surface area contributed by atoms with E-state index in [4.69, 9.17) is 16.6 Å². The molecule has 1 amide bonds. The van der Waals surface area contributed by atoms with Crippen LogP contribution in [-0.2, 0) is 11.3 Å². The summed E-state index contributed by atoms with van der Waals surface area (Å²) < 4.78 is 0. The van der Waals surface area contributed by atoms with Gasteiger partial charge < -0.3 is 32.1 Å². The predicted molar refractivity (Wildman–Crippen MR) is 130 cm³/mol. The number of rotatable bonds is 16. The smallest absolute Gasteiger partial charge is 0.326 e. The molecule has 0 saturated heterocycles. The van der Waals surface area contributed by atoms with Crippen molar-refractivity contribution in [1.29, 1.82) is 10.8 Å². The molecule has 0 saturated carbocycles. The largest absolute Gasteiger partial charge is 0.480 e. The van der Waals surface area contributed by atoms with Crippen molar-refractivity contribution in [2.24, 2.45) is 5.73 Å². The van der Waals surface area contributed by atoms with Crippen LogP contribution < -0.4 is 27.0 Å². The van der Waals surface area contributed by atoms with Crippen molar-refractivity contribution in [3.05, 3.63) is 35.4 Å². The Morgan fingerprint density at radius 1 is 0.939 bits per heavy atom. The molecule has 0 aliphatic heterocycles. The second kappa shape index (κ2) is 16.3. The van der Waals surface area contributed by atoms with Crippen molar-refractivity contribution in [3.8, 4) is 0 Å². The summed E-state index contributed by atoms with van der Waals surface area (Å²) in [6.45, 7) is 3.78. The molecule has 0 spiro atoms. The molecule has 33 heavy (non-hydrogen) atoms. The summed E-state index contributed by atoms with van der Waals surface area (Å²) in [5.41, 5.74) is 6.46. The zero-order valence-electron chi connectivity index (χ0n) is 19.5. The van der Waals surface area contributed by atoms with E-state index in [9.17, 15) is 14.7 Å². The van der Waals surface area contributed by atoms with Gasteiger partial charge in [-0.1, -0.05) is 51.2 Å². The van der Waals surface area contributed by atoms with Gasteiger partial charge in [0.15, 0.2) is 11.9 Å². The highest BCUT2D eigenvalue weighted by atomic mass is 16.4. The number of guanidine groups is 2. The lowest BCUT2D eigenvalue weighted by atomic mass is 10.1. The summed E-state index contributed by atoms with van der Waals surface area (Å²) in [5, 5.41) is 35.6. The molecule has 0 bridgehead atoms. The third-order valence-electron chi connectivity index (χ3n) is 5.11. The van der Waals surface area contributed by atoms with Gasteiger partial charge in [-0.25, -0.2) is 4.79 Å². The van der Waals surface area contributed by atoms with Crippen molar-refractivity contribution in [2.75, 3.05) is 13.1 Å². The number of hydrogen-bond acceptors (Lipinski definition) is 4. The normalized spacial score (nSPS) is 11.3. The van der Waals surface area contributed by atoms with Crippen LogP contribution in [-0.4, -0.2) is 48.0 Å². The van der Waals surface area contributed by atoms with Crippen molar-refractivity contribution in [1.82, 2.24) is 21.3 Å². The molecular weight excluding hydrogens is 422 g/mol. The van der Waals surface area contributed by atoms with Gasteiger partial charge in [0.2, 0.25) is 0 Å². The Kier molecular flexibility index (Phi) is 13.7. The maximum absolute atomic E-state index is 12.4. The average Bonchev–Trinajstić information content (AvgIpc) is 2.79. The number of hydrogen-bond donors (Lipinski definition) is 8. The van der Waals surface area contributed by atoms with Crippen molar-refractivity contribution in [3.63, 3.8) is 0 Å². The quantitative estimate of drug-likeness (QED) is 0.106. The van der Waals surface area contributed by atoms with Crippen LogP contribution in [0.3, 0.4) is 0 Å². The fourth-order valence-corrected chi connectivity index (χ4v) is 3.17. The van der Waals surface area contributed by atoms with Crippen molar-refractivity contribution >= 4 is 23.8 Å². The van der Waals surface area contributed by atoms with Crippen LogP contribution in [0.5, 0.6) is 0 Å². The number of carboxylic acids is 1. The Labute approximate surface area is 196 Å². The second-order valence-corrected chi connectivity index (χ2v) is 7.97. The van der Waals surface area contributed by atoms with Crippen LogP contribution in [0.25, 0.3) is 0 Å². The molecule has 0 aromatic heterocycles. The number of nitrogens with two attached hydrogens (primary N) is 1. The van der Waals surface area contributed by atoms with Gasteiger partial charge in [0.25, 0.3) is 5.91 Å². The molecule has 10 nitrogen and oxygen atoms in total. The molecule has 184 valence electrons. The van der Waals surface area contributed by atoms with Crippen LogP contribution >= 0.6 is 0 Å². The van der Waals surface area contributed by atoms with E-state index in [2.05, 4.69) is 28.2 Å². The first kappa shape index (κ1) is 27.7. The lowest BCUT2D eigenvalue weighted by molar-refractivity contribution is -0.139. The molecule has 1 aromatic carbocycles. The predicted octanol–water partition coefficient (Wildman–Crippen LogP) is 2.11. The summed E-state index contributed by atoms with van der Waals surface area (Å²) in [6, 6.07) is 5.79. The number of nitrogens with one attached hydrogen (secondary N) is 6. The number of carboxylic acid groups (broad SMARTS) is 1. The summed E-state index contributed by atoms with van der Waals surface area (Å²) in [4.78, 5) is 23.8. The summed E-state index contributed by atoms with van der Waals surface area (Å²) in [6.07, 6.45) is 7.91. The Bertz CT molecular complexity index is 753. The number of carbonyl (C=O) groups is 2. The van der Waals surface area contributed by atoms with Crippen molar-refractivity contribution < 1.29 is 14.7 Å². The molecule has 0 fully saturated rings. The zero-order valence-corrected chi connectivity index (χ0v) is 19.5. The van der Waals surface area contributed by atoms with E-state index >= 15 is 0 Å². The summed E-state index contributed by atoms with van der Waals surface area (Å²) >= 11 is 0. The highest BCUT2D eigenvalue weighted by Gasteiger charge is 2.20. The van der Waals surface area contributed by atoms with Gasteiger partial charge in [-0.2, -0.15) is 0 Å². The van der Waals surface area contributed by atoms with Gasteiger partial charge in [-0.3, -0.25) is 15.6 Å². The van der Waals surface area contributed by atoms with E-state index in [1.165, 1.54) is 32.1 Å². The molecule has 0 aliphatic carbocycles. The third-order valence-corrected chi connectivity index (χ3v) is 5.11. The van der Waals surface area contributed by atoms with E-state index < -0.39 is 17.9 Å². The first-order valence-electron chi connectivity index (χ1n) is 11.6. The van der Waals surface area contributed by atoms with Gasteiger partial charge in [0, 0.05) is 25.2 Å². The zero-order chi connectivity index (χ0) is 24.5. The minimum Gasteiger partial charge on any atom is -0.480 e. The molecule has 1 rings (SSSR count). The lowest BCUT2D eigenvalue weighted by Gasteiger charge is -2.15. The van der Waals surface area contributed by atoms with E-state index in [0.717, 1.165) is 18.5 Å². The highest BCUT2D eigenvalue weighted by Crippen LogP contribution is 2.07. The van der Waals surface area contributed by atoms with E-state index in [0.29, 0.717) is 25.1 Å². The molecule has 1 unspecified atom stereocenters. The van der Waals surface area contributed by atoms with E-state index in [1.54, 1.807) is 24.3 Å². The van der Waals surface area contributed by atoms with Gasteiger partial charge in [-0.05, 0) is 37.0 Å². The number of benzene rings is 1. The Morgan fingerprint density at radius 3 is 2.21 bits per heavy atom. The van der Waals surface area contributed by atoms with Crippen LogP contribution in [0.4, 0.5) is 0 Å². The van der Waals surface area contributed by atoms with Crippen LogP contribution in [0.2, 0.25) is 0 Å². The van der Waals surface area contributed by atoms with Gasteiger partial charge in [0.05, 0.1) is 0 Å². The molecular formula is C23H39N7O3. The molecule has 9 N–H and O–H groups in total. The second-order valence-electron chi connectivity index (χ2n) is 7.97. The lowest BCUT2D eigenvalue weighted by Crippen LogP contribution is -2.41. The molecule has 10 heteroatoms. The molecule has 1 atom stereocenters. The minimum atomic E-state index is -1.11. The average molecular weight is 462 g/mol. The topological polar surface area (TPSA) is 176 Å². The standard InChI is InChI=1S/C23H39N7O3/c1-2-3-4-5-6-7-14-28-23(26)29-16-17-10-12-18(13-11-17)20(31)30-19(21(32)33)9-8-15-27-22(24)25/h10-13,19H,2-9,14-16H2,1H3,(H,30,31)(H,32,33)(H4,24,25,27)(H3,26,28,29). The maximum Gasteiger partial charge on any atom is 0.326 e. The molecule has 0 heterocycles. The summed E-state index contributed by atoms with van der Waals surface area (Å²) in [7, 11) is 0. The Morgan fingerprint density at radius 2 is 1.58 bits per heavy atom. The molecule has 0 aliphatic rings. The van der Waals surface area contributed by atoms with Crippen LogP contribution in [0.1, 0.15) is 74.2 Å². The fourth-order valence-electron chi connectivity index (χ4n) is 3.17. The monoisotopic (exact) mass is 461 g/mol. The first-order valence-corrected chi connectivity index (χ1v) is 11.6. The van der Waals surface area contributed by atoms with Crippen LogP contribution in [0.15, 0.2) is 24.3 Å². The third kappa shape index (κ3) is 13.0. The van der Waals surface area contributed by atoms with E-state index in [-0.39, 0.29) is 18.3 Å². The van der Waals surface area contributed by atoms with E-state index in [1.807, 2.05) is 0 Å². The number of amides is 1.